The summed E-state index contributed by atoms with van der Waals surface area (Å²) in [5.41, 5.74) is 1.46. The monoisotopic (exact) mass is 284 g/mol. The first-order chi connectivity index (χ1) is 10.1. The van der Waals surface area contributed by atoms with Gasteiger partial charge < -0.3 is 4.74 Å². The van der Waals surface area contributed by atoms with Crippen molar-refractivity contribution in [1.82, 2.24) is 4.98 Å². The number of hydrogen-bond acceptors (Lipinski definition) is 5. The smallest absolute Gasteiger partial charge is 0.330 e. The molecule has 5 nitrogen and oxygen atoms in total. The van der Waals surface area contributed by atoms with Crippen LogP contribution in [-0.4, -0.2) is 23.8 Å². The van der Waals surface area contributed by atoms with Crippen molar-refractivity contribution in [2.75, 3.05) is 6.61 Å². The first-order valence-corrected chi connectivity index (χ1v) is 6.82. The summed E-state index contributed by atoms with van der Waals surface area (Å²) in [6, 6.07) is 4.10. The molecule has 0 aromatic carbocycles. The SMILES string of the molecule is CCOC(=O)/C=C/c1cnc(C=O)c(CC2(C#N)CC2)c1. The van der Waals surface area contributed by atoms with Crippen molar-refractivity contribution in [2.45, 2.75) is 26.2 Å². The van der Waals surface area contributed by atoms with Crippen LogP contribution in [0.1, 0.15) is 41.4 Å². The maximum absolute atomic E-state index is 11.3. The van der Waals surface area contributed by atoms with E-state index in [-0.39, 0.29) is 5.41 Å². The molecule has 0 amide bonds. The number of carbonyl (C=O) groups excluding carboxylic acids is 2. The predicted octanol–water partition coefficient (Wildman–Crippen LogP) is 2.32. The third-order valence-electron chi connectivity index (χ3n) is 3.45. The van der Waals surface area contributed by atoms with E-state index in [0.717, 1.165) is 18.4 Å². The number of nitrogens with zero attached hydrogens (tertiary/aromatic N) is 2. The van der Waals surface area contributed by atoms with Gasteiger partial charge in [0, 0.05) is 12.3 Å². The highest BCUT2D eigenvalue weighted by atomic mass is 16.5. The standard InChI is InChI=1S/C16H16N2O3/c1-2-21-15(20)4-3-12-7-13(14(10-19)18-9-12)8-16(11-17)5-6-16/h3-4,7,9-10H,2,5-6,8H2,1H3/b4-3+. The topological polar surface area (TPSA) is 80.0 Å². The zero-order chi connectivity index (χ0) is 15.3. The van der Waals surface area contributed by atoms with Crippen molar-refractivity contribution in [1.29, 1.82) is 5.26 Å². The minimum absolute atomic E-state index is 0.321. The number of aldehydes is 1. The Hall–Kier alpha value is -2.48. The molecule has 0 saturated heterocycles. The lowest BCUT2D eigenvalue weighted by atomic mass is 9.96. The van der Waals surface area contributed by atoms with Crippen molar-refractivity contribution in [3.05, 3.63) is 35.2 Å². The highest BCUT2D eigenvalue weighted by Gasteiger charge is 2.43. The van der Waals surface area contributed by atoms with Crippen LogP contribution in [0.3, 0.4) is 0 Å². The van der Waals surface area contributed by atoms with Crippen LogP contribution in [0, 0.1) is 16.7 Å². The van der Waals surface area contributed by atoms with Gasteiger partial charge in [-0.05, 0) is 49.5 Å². The van der Waals surface area contributed by atoms with E-state index in [2.05, 4.69) is 11.1 Å². The Morgan fingerprint density at radius 1 is 1.57 bits per heavy atom. The van der Waals surface area contributed by atoms with Gasteiger partial charge in [-0.15, -0.1) is 0 Å². The average Bonchev–Trinajstić information content (AvgIpc) is 3.26. The molecular weight excluding hydrogens is 268 g/mol. The normalized spacial score (nSPS) is 15.4. The summed E-state index contributed by atoms with van der Waals surface area (Å²) in [7, 11) is 0. The molecule has 0 bridgehead atoms. The molecule has 1 fully saturated rings. The maximum atomic E-state index is 11.3. The fourth-order valence-corrected chi connectivity index (χ4v) is 2.08. The van der Waals surface area contributed by atoms with E-state index in [4.69, 9.17) is 10.00 Å². The van der Waals surface area contributed by atoms with Gasteiger partial charge in [-0.25, -0.2) is 4.79 Å². The van der Waals surface area contributed by atoms with Crippen LogP contribution in [0.25, 0.3) is 6.08 Å². The highest BCUT2D eigenvalue weighted by molar-refractivity contribution is 5.87. The molecule has 2 rings (SSSR count). The molecule has 0 spiro atoms. The zero-order valence-electron chi connectivity index (χ0n) is 11.8. The Balaban J connectivity index is 2.19. The van der Waals surface area contributed by atoms with Gasteiger partial charge in [0.1, 0.15) is 5.69 Å². The van der Waals surface area contributed by atoms with E-state index >= 15 is 0 Å². The molecule has 0 radical (unpaired) electrons. The van der Waals surface area contributed by atoms with Crippen molar-refractivity contribution in [2.24, 2.45) is 5.41 Å². The van der Waals surface area contributed by atoms with Crippen molar-refractivity contribution in [3.8, 4) is 6.07 Å². The molecule has 1 aliphatic rings. The number of ether oxygens (including phenoxy) is 1. The molecule has 1 saturated carbocycles. The molecule has 0 N–H and O–H groups in total. The van der Waals surface area contributed by atoms with Crippen LogP contribution < -0.4 is 0 Å². The second kappa shape index (κ2) is 6.31. The fraction of sp³-hybridized carbons (Fsp3) is 0.375. The van der Waals surface area contributed by atoms with Crippen LogP contribution in [0.2, 0.25) is 0 Å². The molecule has 1 aromatic rings. The van der Waals surface area contributed by atoms with E-state index in [1.54, 1.807) is 19.1 Å². The summed E-state index contributed by atoms with van der Waals surface area (Å²) >= 11 is 0. The number of pyridine rings is 1. The molecule has 5 heteroatoms. The minimum Gasteiger partial charge on any atom is -0.463 e. The van der Waals surface area contributed by atoms with Crippen LogP contribution in [0.15, 0.2) is 18.3 Å². The van der Waals surface area contributed by atoms with Crippen molar-refractivity contribution >= 4 is 18.3 Å². The molecule has 21 heavy (non-hydrogen) atoms. The largest absolute Gasteiger partial charge is 0.463 e. The number of aromatic nitrogens is 1. The maximum Gasteiger partial charge on any atom is 0.330 e. The molecule has 1 aromatic heterocycles. The Bertz CT molecular complexity index is 625. The molecule has 0 unspecified atom stereocenters. The van der Waals surface area contributed by atoms with E-state index in [9.17, 15) is 9.59 Å². The summed E-state index contributed by atoms with van der Waals surface area (Å²) in [6.45, 7) is 2.06. The van der Waals surface area contributed by atoms with E-state index < -0.39 is 5.97 Å². The second-order valence-corrected chi connectivity index (χ2v) is 5.09. The van der Waals surface area contributed by atoms with Crippen LogP contribution in [0.5, 0.6) is 0 Å². The molecular formula is C16H16N2O3. The van der Waals surface area contributed by atoms with Gasteiger partial charge in [-0.2, -0.15) is 5.26 Å². The minimum atomic E-state index is -0.422. The summed E-state index contributed by atoms with van der Waals surface area (Å²) in [5.74, 6) is -0.422. The zero-order valence-corrected chi connectivity index (χ0v) is 11.8. The molecule has 0 atom stereocenters. The van der Waals surface area contributed by atoms with Crippen LogP contribution in [-0.2, 0) is 16.0 Å². The number of hydrogen-bond donors (Lipinski definition) is 0. The van der Waals surface area contributed by atoms with Gasteiger partial charge in [0.15, 0.2) is 6.29 Å². The lowest BCUT2D eigenvalue weighted by Gasteiger charge is -2.08. The summed E-state index contributed by atoms with van der Waals surface area (Å²) in [4.78, 5) is 26.4. The lowest BCUT2D eigenvalue weighted by molar-refractivity contribution is -0.137. The highest BCUT2D eigenvalue weighted by Crippen LogP contribution is 2.47. The molecule has 108 valence electrons. The summed E-state index contributed by atoms with van der Waals surface area (Å²) in [5, 5.41) is 9.15. The number of nitriles is 1. The Labute approximate surface area is 123 Å². The first kappa shape index (κ1) is 14.9. The van der Waals surface area contributed by atoms with Crippen LogP contribution in [0.4, 0.5) is 0 Å². The lowest BCUT2D eigenvalue weighted by Crippen LogP contribution is -2.06. The number of esters is 1. The van der Waals surface area contributed by atoms with Gasteiger partial charge in [-0.1, -0.05) is 0 Å². The van der Waals surface area contributed by atoms with Crippen molar-refractivity contribution < 1.29 is 14.3 Å². The first-order valence-electron chi connectivity index (χ1n) is 6.82. The Morgan fingerprint density at radius 3 is 2.90 bits per heavy atom. The molecule has 0 aliphatic heterocycles. The second-order valence-electron chi connectivity index (χ2n) is 5.09. The Morgan fingerprint density at radius 2 is 2.33 bits per heavy atom. The fourth-order valence-electron chi connectivity index (χ4n) is 2.08. The van der Waals surface area contributed by atoms with Gasteiger partial charge >= 0.3 is 5.97 Å². The number of carbonyl (C=O) groups is 2. The van der Waals surface area contributed by atoms with Crippen LogP contribution >= 0.6 is 0 Å². The number of rotatable bonds is 6. The quantitative estimate of drug-likeness (QED) is 0.455. The predicted molar refractivity (Wildman–Crippen MR) is 76.3 cm³/mol. The third kappa shape index (κ3) is 3.76. The van der Waals surface area contributed by atoms with Gasteiger partial charge in [0.25, 0.3) is 0 Å². The van der Waals surface area contributed by atoms with E-state index in [0.29, 0.717) is 30.6 Å². The van der Waals surface area contributed by atoms with Gasteiger partial charge in [0.2, 0.25) is 0 Å². The summed E-state index contributed by atoms with van der Waals surface area (Å²) < 4.78 is 4.80. The van der Waals surface area contributed by atoms with Gasteiger partial charge in [-0.3, -0.25) is 9.78 Å². The van der Waals surface area contributed by atoms with E-state index in [1.807, 2.05) is 0 Å². The molecule has 1 heterocycles. The molecule has 1 aliphatic carbocycles. The third-order valence-corrected chi connectivity index (χ3v) is 3.45. The van der Waals surface area contributed by atoms with Crippen molar-refractivity contribution in [3.63, 3.8) is 0 Å². The summed E-state index contributed by atoms with van der Waals surface area (Å²) in [6.07, 6.45) is 7.36. The Kier molecular flexibility index (Phi) is 4.49. The van der Waals surface area contributed by atoms with Gasteiger partial charge in [0.05, 0.1) is 18.1 Å². The average molecular weight is 284 g/mol. The van der Waals surface area contributed by atoms with E-state index in [1.165, 1.54) is 12.3 Å².